The molecule has 0 unspecified atom stereocenters. The normalized spacial score (nSPS) is 10.6. The van der Waals surface area contributed by atoms with Crippen molar-refractivity contribution in [3.8, 4) is 11.8 Å². The van der Waals surface area contributed by atoms with Gasteiger partial charge in [-0.05, 0) is 42.5 Å². The highest BCUT2D eigenvalue weighted by Gasteiger charge is 2.09. The van der Waals surface area contributed by atoms with Gasteiger partial charge in [0, 0.05) is 20.7 Å². The number of aromatic amines is 1. The lowest BCUT2D eigenvalue weighted by Crippen LogP contribution is -1.86. The molecule has 0 bridgehead atoms. The predicted octanol–water partition coefficient (Wildman–Crippen LogP) is 3.48. The summed E-state index contributed by atoms with van der Waals surface area (Å²) < 4.78 is 0. The molecule has 5 heteroatoms. The Balaban J connectivity index is 2.00. The summed E-state index contributed by atoms with van der Waals surface area (Å²) in [4.78, 5) is 5.02. The lowest BCUT2D eigenvalue weighted by atomic mass is 10.2. The van der Waals surface area contributed by atoms with E-state index in [1.165, 1.54) is 0 Å². The number of hydrogen-bond acceptors (Lipinski definition) is 4. The average Bonchev–Trinajstić information content (AvgIpc) is 2.76. The van der Waals surface area contributed by atoms with E-state index in [2.05, 4.69) is 11.1 Å². The zero-order valence-electron chi connectivity index (χ0n) is 10.4. The van der Waals surface area contributed by atoms with Crippen LogP contribution in [0.25, 0.3) is 10.9 Å². The molecule has 0 radical (unpaired) electrons. The molecular weight excluding hydrogens is 270 g/mol. The molecule has 1 heterocycles. The maximum absolute atomic E-state index is 9.27. The molecule has 0 fully saturated rings. The van der Waals surface area contributed by atoms with E-state index in [0.29, 0.717) is 11.4 Å². The van der Waals surface area contributed by atoms with Gasteiger partial charge in [0.25, 0.3) is 0 Å². The van der Waals surface area contributed by atoms with Crippen molar-refractivity contribution >= 4 is 28.5 Å². The van der Waals surface area contributed by atoms with Crippen LogP contribution >= 0.6 is 11.8 Å². The number of aromatic hydroxyl groups is 1. The minimum atomic E-state index is 0.245. The molecule has 20 heavy (non-hydrogen) atoms. The van der Waals surface area contributed by atoms with E-state index in [4.69, 9.17) is 11.0 Å². The van der Waals surface area contributed by atoms with Crippen LogP contribution in [0, 0.1) is 11.3 Å². The average molecular weight is 281 g/mol. The first kappa shape index (κ1) is 12.5. The first-order chi connectivity index (χ1) is 9.67. The Morgan fingerprint density at radius 2 is 1.80 bits per heavy atom. The molecule has 2 aromatic carbocycles. The highest BCUT2D eigenvalue weighted by atomic mass is 32.2. The third-order valence-corrected chi connectivity index (χ3v) is 3.98. The first-order valence-corrected chi connectivity index (χ1v) is 6.77. The second kappa shape index (κ2) is 4.83. The number of benzene rings is 2. The van der Waals surface area contributed by atoms with Gasteiger partial charge in [-0.1, -0.05) is 11.8 Å². The number of anilines is 1. The second-order valence-electron chi connectivity index (χ2n) is 4.33. The molecule has 1 aromatic heterocycles. The van der Waals surface area contributed by atoms with Crippen LogP contribution in [0.5, 0.6) is 5.75 Å². The summed E-state index contributed by atoms with van der Waals surface area (Å²) in [5.41, 5.74) is 7.11. The topological polar surface area (TPSA) is 85.8 Å². The molecule has 3 aromatic rings. The van der Waals surface area contributed by atoms with Crippen molar-refractivity contribution in [3.63, 3.8) is 0 Å². The van der Waals surface area contributed by atoms with Crippen LogP contribution in [0.1, 0.15) is 5.56 Å². The number of nitrogens with two attached hydrogens (primary N) is 1. The fourth-order valence-electron chi connectivity index (χ4n) is 2.03. The quantitative estimate of drug-likeness (QED) is 0.671. The van der Waals surface area contributed by atoms with Crippen LogP contribution < -0.4 is 5.73 Å². The van der Waals surface area contributed by atoms with Crippen molar-refractivity contribution in [2.75, 3.05) is 5.73 Å². The maximum atomic E-state index is 9.27. The number of aromatic nitrogens is 1. The molecule has 0 aliphatic carbocycles. The number of rotatable bonds is 2. The molecule has 0 saturated carbocycles. The van der Waals surface area contributed by atoms with E-state index in [0.717, 1.165) is 20.7 Å². The smallest absolute Gasteiger partial charge is 0.119 e. The van der Waals surface area contributed by atoms with Crippen LogP contribution in [0.4, 0.5) is 5.82 Å². The van der Waals surface area contributed by atoms with Crippen LogP contribution in [-0.4, -0.2) is 10.1 Å². The number of nitrogens with one attached hydrogen (secondary N) is 1. The van der Waals surface area contributed by atoms with E-state index in [1.807, 2.05) is 30.3 Å². The lowest BCUT2D eigenvalue weighted by molar-refractivity contribution is 0.475. The zero-order chi connectivity index (χ0) is 14.1. The Labute approximate surface area is 119 Å². The fraction of sp³-hybridized carbons (Fsp3) is 0. The van der Waals surface area contributed by atoms with E-state index >= 15 is 0 Å². The fourth-order valence-corrected chi connectivity index (χ4v) is 2.88. The Kier molecular flexibility index (Phi) is 3.01. The number of H-pyrrole nitrogens is 1. The van der Waals surface area contributed by atoms with Gasteiger partial charge in [-0.3, -0.25) is 0 Å². The molecule has 0 amide bonds. The van der Waals surface area contributed by atoms with Gasteiger partial charge >= 0.3 is 0 Å². The molecule has 0 aliphatic rings. The molecule has 98 valence electrons. The molecule has 4 N–H and O–H groups in total. The van der Waals surface area contributed by atoms with Gasteiger partial charge in [0.1, 0.15) is 23.2 Å². The Bertz CT molecular complexity index is 815. The molecule has 0 saturated heterocycles. The number of phenolic OH excluding ortho intramolecular Hbond substituents is 1. The summed E-state index contributed by atoms with van der Waals surface area (Å²) >= 11 is 1.56. The molecule has 0 aliphatic heterocycles. The molecule has 0 atom stereocenters. The summed E-state index contributed by atoms with van der Waals surface area (Å²) in [6.07, 6.45) is 0. The van der Waals surface area contributed by atoms with Gasteiger partial charge in [0.2, 0.25) is 0 Å². The van der Waals surface area contributed by atoms with Crippen LogP contribution in [0.3, 0.4) is 0 Å². The van der Waals surface area contributed by atoms with Crippen molar-refractivity contribution in [1.82, 2.24) is 4.98 Å². The largest absolute Gasteiger partial charge is 0.508 e. The third-order valence-electron chi connectivity index (χ3n) is 2.98. The van der Waals surface area contributed by atoms with Crippen LogP contribution in [-0.2, 0) is 0 Å². The van der Waals surface area contributed by atoms with E-state index in [1.54, 1.807) is 23.9 Å². The number of nitriles is 1. The van der Waals surface area contributed by atoms with Crippen molar-refractivity contribution in [1.29, 1.82) is 5.26 Å². The third kappa shape index (κ3) is 2.17. The Morgan fingerprint density at radius 1 is 1.10 bits per heavy atom. The van der Waals surface area contributed by atoms with Crippen molar-refractivity contribution in [2.45, 2.75) is 9.79 Å². The number of nitrogen functional groups attached to an aromatic ring is 1. The molecular formula is C15H11N3OS. The molecule has 4 nitrogen and oxygen atoms in total. The van der Waals surface area contributed by atoms with Crippen molar-refractivity contribution in [3.05, 3.63) is 48.0 Å². The zero-order valence-corrected chi connectivity index (χ0v) is 11.2. The SMILES string of the molecule is N#Cc1c(N)[nH]c2ccc(Sc3ccc(O)cc3)cc12. The minimum Gasteiger partial charge on any atom is -0.508 e. The highest BCUT2D eigenvalue weighted by molar-refractivity contribution is 7.99. The van der Waals surface area contributed by atoms with Gasteiger partial charge in [0.15, 0.2) is 0 Å². The summed E-state index contributed by atoms with van der Waals surface area (Å²) in [7, 11) is 0. The summed E-state index contributed by atoms with van der Waals surface area (Å²) in [6.45, 7) is 0. The number of phenols is 1. The summed E-state index contributed by atoms with van der Waals surface area (Å²) in [6, 6.07) is 14.9. The van der Waals surface area contributed by atoms with Gasteiger partial charge in [0.05, 0.1) is 0 Å². The minimum absolute atomic E-state index is 0.245. The van der Waals surface area contributed by atoms with Gasteiger partial charge in [-0.2, -0.15) is 5.26 Å². The standard InChI is InChI=1S/C15H11N3OS/c16-8-13-12-7-11(5-6-14(12)18-15(13)17)20-10-3-1-9(19)2-4-10/h1-7,18-19H,17H2. The monoisotopic (exact) mass is 281 g/mol. The lowest BCUT2D eigenvalue weighted by Gasteiger charge is -2.02. The van der Waals surface area contributed by atoms with E-state index < -0.39 is 0 Å². The van der Waals surface area contributed by atoms with Gasteiger partial charge < -0.3 is 15.8 Å². The first-order valence-electron chi connectivity index (χ1n) is 5.95. The number of nitrogens with zero attached hydrogens (tertiary/aromatic N) is 1. The van der Waals surface area contributed by atoms with Crippen molar-refractivity contribution < 1.29 is 5.11 Å². The second-order valence-corrected chi connectivity index (χ2v) is 5.48. The number of fused-ring (bicyclic) bond motifs is 1. The van der Waals surface area contributed by atoms with Crippen molar-refractivity contribution in [2.24, 2.45) is 0 Å². The predicted molar refractivity (Wildman–Crippen MR) is 79.7 cm³/mol. The molecule has 0 spiro atoms. The van der Waals surface area contributed by atoms with Gasteiger partial charge in [-0.25, -0.2) is 0 Å². The number of hydrogen-bond donors (Lipinski definition) is 3. The maximum Gasteiger partial charge on any atom is 0.119 e. The summed E-state index contributed by atoms with van der Waals surface area (Å²) in [5, 5.41) is 19.2. The van der Waals surface area contributed by atoms with Crippen LogP contribution in [0.2, 0.25) is 0 Å². The van der Waals surface area contributed by atoms with E-state index in [9.17, 15) is 5.11 Å². The van der Waals surface area contributed by atoms with Gasteiger partial charge in [-0.15, -0.1) is 0 Å². The van der Waals surface area contributed by atoms with Crippen LogP contribution in [0.15, 0.2) is 52.3 Å². The molecule has 3 rings (SSSR count). The summed E-state index contributed by atoms with van der Waals surface area (Å²) in [5.74, 6) is 0.643. The Morgan fingerprint density at radius 3 is 2.50 bits per heavy atom. The Hall–Kier alpha value is -2.58. The van der Waals surface area contributed by atoms with E-state index in [-0.39, 0.29) is 5.75 Å². The highest BCUT2D eigenvalue weighted by Crippen LogP contribution is 2.33.